The summed E-state index contributed by atoms with van der Waals surface area (Å²) in [6.45, 7) is 0.918. The zero-order valence-corrected chi connectivity index (χ0v) is 8.34. The number of aliphatic hydroxyl groups is 1. The molecule has 6 heteroatoms. The van der Waals surface area contributed by atoms with Gasteiger partial charge in [0.25, 0.3) is 0 Å². The van der Waals surface area contributed by atoms with Crippen LogP contribution in [0.3, 0.4) is 0 Å². The van der Waals surface area contributed by atoms with Crippen molar-refractivity contribution in [2.75, 3.05) is 6.61 Å². The fourth-order valence-corrected chi connectivity index (χ4v) is 2.56. The second kappa shape index (κ2) is 2.91. The molecule has 1 nitrogen and oxygen atoms in total. The molecular weight excluding hydrogens is 228 g/mol. The topological polar surface area (TPSA) is 20.2 Å². The lowest BCUT2D eigenvalue weighted by atomic mass is 10.0. The van der Waals surface area contributed by atoms with Gasteiger partial charge >= 0.3 is 6.18 Å². The average molecular weight is 237 g/mol. The lowest BCUT2D eigenvalue weighted by Gasteiger charge is -2.14. The van der Waals surface area contributed by atoms with E-state index in [0.29, 0.717) is 0 Å². The molecule has 0 saturated heterocycles. The zero-order chi connectivity index (χ0) is 10.5. The van der Waals surface area contributed by atoms with E-state index in [4.69, 9.17) is 28.3 Å². The molecule has 0 unspecified atom stereocenters. The molecule has 0 aliphatic heterocycles. The summed E-state index contributed by atoms with van der Waals surface area (Å²) in [4.78, 5) is 0. The standard InChI is InChI=1S/C7H9Cl2F3O/c1-5(3-6(10,11)12)4(2-13)7(5,8)9/h4,13H,2-3H2,1H3/t4-,5-/m1/s1. The molecule has 1 N–H and O–H groups in total. The number of halogens is 5. The quantitative estimate of drug-likeness (QED) is 0.732. The van der Waals surface area contributed by atoms with E-state index in [0.717, 1.165) is 0 Å². The number of rotatable bonds is 2. The Morgan fingerprint density at radius 2 is 1.85 bits per heavy atom. The number of hydrogen-bond acceptors (Lipinski definition) is 1. The van der Waals surface area contributed by atoms with Crippen molar-refractivity contribution in [3.05, 3.63) is 0 Å². The van der Waals surface area contributed by atoms with Crippen LogP contribution in [0.2, 0.25) is 0 Å². The maximum Gasteiger partial charge on any atom is 0.389 e. The first-order valence-corrected chi connectivity index (χ1v) is 4.46. The highest BCUT2D eigenvalue weighted by atomic mass is 35.5. The monoisotopic (exact) mass is 236 g/mol. The molecule has 78 valence electrons. The Hall–Kier alpha value is 0.330. The van der Waals surface area contributed by atoms with Gasteiger partial charge in [0.05, 0.1) is 6.42 Å². The molecule has 0 radical (unpaired) electrons. The van der Waals surface area contributed by atoms with Crippen LogP contribution in [0.25, 0.3) is 0 Å². The van der Waals surface area contributed by atoms with Gasteiger partial charge in [-0.05, 0) is 0 Å². The minimum Gasteiger partial charge on any atom is -0.396 e. The molecule has 1 rings (SSSR count). The molecule has 1 aliphatic rings. The SMILES string of the molecule is C[C@@]1(CC(F)(F)F)[C@@H](CO)C1(Cl)Cl. The Labute approximate surface area is 83.8 Å². The van der Waals surface area contributed by atoms with Crippen molar-refractivity contribution in [2.45, 2.75) is 23.9 Å². The highest BCUT2D eigenvalue weighted by Gasteiger charge is 2.74. The predicted molar refractivity (Wildman–Crippen MR) is 43.8 cm³/mol. The molecule has 0 amide bonds. The van der Waals surface area contributed by atoms with Crippen LogP contribution in [-0.4, -0.2) is 22.2 Å². The molecule has 0 spiro atoms. The van der Waals surface area contributed by atoms with Gasteiger partial charge in [-0.15, -0.1) is 23.2 Å². The van der Waals surface area contributed by atoms with Crippen molar-refractivity contribution in [2.24, 2.45) is 11.3 Å². The molecule has 0 aromatic rings. The third-order valence-electron chi connectivity index (χ3n) is 2.64. The second-order valence-corrected chi connectivity index (χ2v) is 4.95. The summed E-state index contributed by atoms with van der Waals surface area (Å²) in [5.74, 6) is -0.690. The zero-order valence-electron chi connectivity index (χ0n) is 6.83. The van der Waals surface area contributed by atoms with Crippen LogP contribution in [0.15, 0.2) is 0 Å². The number of hydrogen-bond donors (Lipinski definition) is 1. The van der Waals surface area contributed by atoms with Gasteiger partial charge < -0.3 is 5.11 Å². The first-order valence-electron chi connectivity index (χ1n) is 3.70. The fraction of sp³-hybridized carbons (Fsp3) is 1.00. The summed E-state index contributed by atoms with van der Waals surface area (Å²) in [5, 5.41) is 8.74. The smallest absolute Gasteiger partial charge is 0.389 e. The summed E-state index contributed by atoms with van der Waals surface area (Å²) in [5.41, 5.74) is -1.25. The Kier molecular flexibility index (Phi) is 2.55. The number of alkyl halides is 5. The van der Waals surface area contributed by atoms with Crippen molar-refractivity contribution < 1.29 is 18.3 Å². The molecular formula is C7H9Cl2F3O. The average Bonchev–Trinajstić information content (AvgIpc) is 2.21. The molecule has 0 aromatic heterocycles. The largest absolute Gasteiger partial charge is 0.396 e. The maximum absolute atomic E-state index is 12.0. The van der Waals surface area contributed by atoms with Gasteiger partial charge in [0.15, 0.2) is 0 Å². The summed E-state index contributed by atoms with van der Waals surface area (Å²) in [7, 11) is 0. The summed E-state index contributed by atoms with van der Waals surface area (Å²) in [6, 6.07) is 0. The Bertz CT molecular complexity index is 216. The molecule has 13 heavy (non-hydrogen) atoms. The van der Waals surface area contributed by atoms with Crippen LogP contribution in [0.1, 0.15) is 13.3 Å². The Morgan fingerprint density at radius 1 is 1.38 bits per heavy atom. The normalized spacial score (nSPS) is 37.6. The van der Waals surface area contributed by atoms with Crippen molar-refractivity contribution in [1.82, 2.24) is 0 Å². The first-order chi connectivity index (χ1) is 5.65. The van der Waals surface area contributed by atoms with Crippen molar-refractivity contribution in [3.63, 3.8) is 0 Å². The molecule has 0 aromatic carbocycles. The highest BCUT2D eigenvalue weighted by Crippen LogP contribution is 2.71. The molecule has 1 aliphatic carbocycles. The van der Waals surface area contributed by atoms with E-state index >= 15 is 0 Å². The summed E-state index contributed by atoms with van der Waals surface area (Å²) in [6.07, 6.45) is -5.36. The van der Waals surface area contributed by atoms with Gasteiger partial charge in [0, 0.05) is 17.9 Å². The van der Waals surface area contributed by atoms with Crippen molar-refractivity contribution in [1.29, 1.82) is 0 Å². The van der Waals surface area contributed by atoms with E-state index in [9.17, 15) is 13.2 Å². The van der Waals surface area contributed by atoms with E-state index in [1.165, 1.54) is 6.92 Å². The summed E-state index contributed by atoms with van der Waals surface area (Å²) >= 11 is 11.3. The van der Waals surface area contributed by atoms with Crippen LogP contribution in [0, 0.1) is 11.3 Å². The minimum atomic E-state index is -4.30. The Morgan fingerprint density at radius 3 is 2.08 bits per heavy atom. The summed E-state index contributed by atoms with van der Waals surface area (Å²) < 4.78 is 34.7. The van der Waals surface area contributed by atoms with Crippen LogP contribution < -0.4 is 0 Å². The third kappa shape index (κ3) is 1.76. The van der Waals surface area contributed by atoms with Crippen molar-refractivity contribution >= 4 is 23.2 Å². The van der Waals surface area contributed by atoms with Gasteiger partial charge in [-0.3, -0.25) is 0 Å². The van der Waals surface area contributed by atoms with E-state index < -0.39 is 34.9 Å². The minimum absolute atomic E-state index is 0.417. The van der Waals surface area contributed by atoms with E-state index in [1.807, 2.05) is 0 Å². The van der Waals surface area contributed by atoms with Gasteiger partial charge in [-0.25, -0.2) is 0 Å². The number of aliphatic hydroxyl groups excluding tert-OH is 1. The molecule has 2 atom stereocenters. The van der Waals surface area contributed by atoms with Gasteiger partial charge in [0.2, 0.25) is 0 Å². The fourth-order valence-electron chi connectivity index (χ4n) is 1.65. The van der Waals surface area contributed by atoms with Gasteiger partial charge in [0.1, 0.15) is 4.33 Å². The molecule has 1 fully saturated rings. The van der Waals surface area contributed by atoms with Crippen LogP contribution in [0.4, 0.5) is 13.2 Å². The Balaban J connectivity index is 2.71. The lowest BCUT2D eigenvalue weighted by molar-refractivity contribution is -0.147. The predicted octanol–water partition coefficient (Wildman–Crippen LogP) is 2.74. The molecule has 0 heterocycles. The highest BCUT2D eigenvalue weighted by molar-refractivity contribution is 6.51. The molecule has 0 bridgehead atoms. The lowest BCUT2D eigenvalue weighted by Crippen LogP contribution is -2.18. The molecule has 1 saturated carbocycles. The second-order valence-electron chi connectivity index (χ2n) is 3.57. The van der Waals surface area contributed by atoms with E-state index in [2.05, 4.69) is 0 Å². The van der Waals surface area contributed by atoms with Crippen molar-refractivity contribution in [3.8, 4) is 0 Å². The van der Waals surface area contributed by atoms with E-state index in [-0.39, 0.29) is 0 Å². The van der Waals surface area contributed by atoms with Gasteiger partial charge in [-0.2, -0.15) is 13.2 Å². The van der Waals surface area contributed by atoms with E-state index in [1.54, 1.807) is 0 Å². The first kappa shape index (κ1) is 11.4. The maximum atomic E-state index is 12.0. The van der Waals surface area contributed by atoms with Gasteiger partial charge in [-0.1, -0.05) is 6.92 Å². The third-order valence-corrected chi connectivity index (χ3v) is 4.03. The van der Waals surface area contributed by atoms with Crippen LogP contribution >= 0.6 is 23.2 Å². The van der Waals surface area contributed by atoms with Crippen LogP contribution in [0.5, 0.6) is 0 Å². The van der Waals surface area contributed by atoms with Crippen LogP contribution in [-0.2, 0) is 0 Å².